The fourth-order valence-corrected chi connectivity index (χ4v) is 13.5. The van der Waals surface area contributed by atoms with Gasteiger partial charge in [0.2, 0.25) is 35.7 Å². The van der Waals surface area contributed by atoms with E-state index in [1.54, 1.807) is 6.92 Å². The summed E-state index contributed by atoms with van der Waals surface area (Å²) in [5.41, 5.74) is 10.3. The summed E-state index contributed by atoms with van der Waals surface area (Å²) in [6.07, 6.45) is -19.9. The van der Waals surface area contributed by atoms with Gasteiger partial charge in [0.25, 0.3) is 0 Å². The molecular formula is C68H77Cl2N5O22. The number of rotatable bonds is 11. The molecule has 7 aliphatic heterocycles. The predicted octanol–water partition coefficient (Wildman–Crippen LogP) is 4.60. The van der Waals surface area contributed by atoms with Gasteiger partial charge in [0.1, 0.15) is 71.0 Å². The first-order valence-corrected chi connectivity index (χ1v) is 32.2. The number of primary amides is 1. The van der Waals surface area contributed by atoms with Crippen molar-refractivity contribution in [2.45, 2.75) is 165 Å². The minimum Gasteiger partial charge on any atom is -0.508 e. The lowest BCUT2D eigenvalue weighted by Gasteiger charge is -2.47. The molecule has 12 rings (SSSR count). The van der Waals surface area contributed by atoms with E-state index >= 15 is 14.4 Å². The Morgan fingerprint density at radius 1 is 0.742 bits per heavy atom. The second-order valence-electron chi connectivity index (χ2n) is 26.2. The van der Waals surface area contributed by atoms with Crippen LogP contribution in [-0.4, -0.2) is 154 Å². The maximum absolute atomic E-state index is 16.1. The number of phenolic OH excluding ortho intramolecular Hbond substituents is 3. The quantitative estimate of drug-likeness (QED) is 0.0859. The van der Waals surface area contributed by atoms with Gasteiger partial charge in [-0.05, 0) is 109 Å². The van der Waals surface area contributed by atoms with Crippen molar-refractivity contribution in [1.82, 2.24) is 16.0 Å². The number of nitrogens with one attached hydrogen (secondary N) is 3. The molecule has 7 heterocycles. The molecule has 4 amide bonds. The number of fused-ring (bicyclic) bond motifs is 15. The number of carbonyl (C=O) groups is 7. The number of nitrogens with two attached hydrogens (primary N) is 2. The zero-order chi connectivity index (χ0) is 70.4. The third kappa shape index (κ3) is 15.5. The third-order valence-electron chi connectivity index (χ3n) is 18.2. The Morgan fingerprint density at radius 2 is 1.38 bits per heavy atom. The smallest absolute Gasteiger partial charge is 0.230 e. The number of halogens is 2. The second kappa shape index (κ2) is 29.2. The maximum Gasteiger partial charge on any atom is 0.230 e. The second-order valence-corrected chi connectivity index (χ2v) is 27.0. The summed E-state index contributed by atoms with van der Waals surface area (Å²) in [5, 5.41) is 110. The molecule has 0 radical (unpaired) electrons. The van der Waals surface area contributed by atoms with Gasteiger partial charge in [-0.3, -0.25) is 33.6 Å². The lowest BCUT2D eigenvalue weighted by atomic mass is 9.80. The van der Waals surface area contributed by atoms with Crippen molar-refractivity contribution in [3.8, 4) is 57.1 Å². The third-order valence-corrected chi connectivity index (χ3v) is 18.8. The molecule has 27 nitrogen and oxygen atoms in total. The summed E-state index contributed by atoms with van der Waals surface area (Å²) < 4.78 is 38.5. The van der Waals surface area contributed by atoms with E-state index in [-0.39, 0.29) is 72.8 Å². The molecule has 16 unspecified atom stereocenters. The Hall–Kier alpha value is -8.03. The number of Topliss-reactive ketones (excluding diaryl/α,β-unsaturated/α-hetero) is 3. The largest absolute Gasteiger partial charge is 0.508 e. The summed E-state index contributed by atoms with van der Waals surface area (Å²) in [4.78, 5) is 103. The van der Waals surface area contributed by atoms with Gasteiger partial charge in [0.15, 0.2) is 35.5 Å². The van der Waals surface area contributed by atoms with Crippen molar-refractivity contribution < 1.29 is 108 Å². The van der Waals surface area contributed by atoms with E-state index < -0.39 is 217 Å². The highest BCUT2D eigenvalue weighted by Crippen LogP contribution is 2.50. The fourth-order valence-electron chi connectivity index (χ4n) is 13.1. The molecule has 0 spiro atoms. The van der Waals surface area contributed by atoms with E-state index in [1.807, 2.05) is 13.8 Å². The van der Waals surface area contributed by atoms with Crippen molar-refractivity contribution >= 4 is 64.2 Å². The number of ketones is 3. The van der Waals surface area contributed by atoms with Crippen LogP contribution in [0, 0.1) is 23.7 Å². The van der Waals surface area contributed by atoms with Crippen LogP contribution in [-0.2, 0) is 54.3 Å². The number of amides is 4. The standard InChI is InChI=1S/C68H77Cl2N5O22/c1-27(2)12-28(3)64(89)75-56-45(81)17-34(20-52(71)83)65(90)74-55-33-18-49(61(50(19-33)94-48-11-8-32(58(56)85)16-41(48)70)97-67-62(60(87)59(86)51(26-76)95-67)96-53-24-68(5,72)63(88)29(4)92-53)93-47-10-7-31(15-40(47)69)57(84)39-23-43(79)37(22-46(55)82)30-6-9-42(78)38(14-30)54-35(25-73-66(39)91)13-36(77)21-44(54)80/h6-11,13-16,18-19,21,27-29,34,37,39,51,53,55-60,62-63,67,76-78,80,84-88H,12,17,20,22-26,72H2,1-5H3,(H2,71,83)(H,73,91)(H,74,90)(H,75,89)/t28?,29?,34?,37?,39?,51?,53?,55?,56?,57-,58?,59?,60?,62?,63?,67?,68?/m0/s1. The number of aliphatic hydroxyl groups is 6. The topological polar surface area (TPSA) is 445 Å². The molecule has 5 aromatic rings. The van der Waals surface area contributed by atoms with Crippen LogP contribution in [0.4, 0.5) is 0 Å². The lowest BCUT2D eigenvalue weighted by Crippen LogP contribution is -2.64. The number of ether oxygens (including phenoxy) is 6. The van der Waals surface area contributed by atoms with E-state index in [2.05, 4.69) is 16.0 Å². The van der Waals surface area contributed by atoms with Crippen molar-refractivity contribution in [1.29, 1.82) is 0 Å². The molecule has 520 valence electrons. The van der Waals surface area contributed by atoms with Crippen LogP contribution in [0.15, 0.2) is 78.9 Å². The van der Waals surface area contributed by atoms with Crippen molar-refractivity contribution in [3.63, 3.8) is 0 Å². The number of aromatic hydroxyl groups is 3. The van der Waals surface area contributed by atoms with Crippen LogP contribution in [0.25, 0.3) is 11.1 Å². The number of aliphatic hydroxyl groups excluding tert-OH is 6. The summed E-state index contributed by atoms with van der Waals surface area (Å²) >= 11 is 14.2. The summed E-state index contributed by atoms with van der Waals surface area (Å²) in [6.45, 7) is 7.04. The Morgan fingerprint density at radius 3 is 1.99 bits per heavy atom. The molecule has 16 N–H and O–H groups in total. The monoisotopic (exact) mass is 1390 g/mol. The molecule has 29 heteroatoms. The first-order chi connectivity index (χ1) is 45.8. The van der Waals surface area contributed by atoms with E-state index in [0.29, 0.717) is 6.42 Å². The molecule has 2 saturated heterocycles. The summed E-state index contributed by atoms with van der Waals surface area (Å²) in [5.74, 6) is -16.3. The van der Waals surface area contributed by atoms with E-state index in [0.717, 1.165) is 18.2 Å². The van der Waals surface area contributed by atoms with Crippen molar-refractivity contribution in [3.05, 3.63) is 117 Å². The Labute approximate surface area is 565 Å². The lowest BCUT2D eigenvalue weighted by molar-refractivity contribution is -0.333. The number of carbonyl (C=O) groups excluding carboxylic acids is 7. The molecule has 97 heavy (non-hydrogen) atoms. The molecule has 7 aliphatic rings. The number of hydrogen-bond acceptors (Lipinski definition) is 23. The number of hydrogen-bond donors (Lipinski definition) is 14. The number of benzene rings is 5. The highest BCUT2D eigenvalue weighted by Gasteiger charge is 2.51. The normalized spacial score (nSPS) is 29.7. The van der Waals surface area contributed by atoms with Crippen LogP contribution in [0.2, 0.25) is 10.0 Å². The molecule has 0 aromatic heterocycles. The molecule has 17 atom stereocenters. The van der Waals surface area contributed by atoms with E-state index in [1.165, 1.54) is 74.5 Å². The van der Waals surface area contributed by atoms with Gasteiger partial charge < -0.3 is 102 Å². The summed E-state index contributed by atoms with van der Waals surface area (Å²) in [6, 6.07) is 11.9. The van der Waals surface area contributed by atoms with Gasteiger partial charge >= 0.3 is 0 Å². The van der Waals surface area contributed by atoms with Crippen LogP contribution in [0.3, 0.4) is 0 Å². The van der Waals surface area contributed by atoms with Gasteiger partial charge in [-0.15, -0.1) is 0 Å². The van der Waals surface area contributed by atoms with Gasteiger partial charge in [0, 0.05) is 73.2 Å². The van der Waals surface area contributed by atoms with Gasteiger partial charge in [0.05, 0.1) is 46.8 Å². The molecule has 0 saturated carbocycles. The zero-order valence-electron chi connectivity index (χ0n) is 53.2. The van der Waals surface area contributed by atoms with Gasteiger partial charge in [-0.2, -0.15) is 0 Å². The first-order valence-electron chi connectivity index (χ1n) is 31.5. The predicted molar refractivity (Wildman–Crippen MR) is 343 cm³/mol. The van der Waals surface area contributed by atoms with Crippen LogP contribution in [0.5, 0.6) is 46.0 Å². The van der Waals surface area contributed by atoms with Crippen molar-refractivity contribution in [2.75, 3.05) is 6.61 Å². The number of phenols is 3. The Balaban J connectivity index is 1.23. The average Bonchev–Trinajstić information content (AvgIpc) is 0.778. The first kappa shape index (κ1) is 71.7. The van der Waals surface area contributed by atoms with Crippen LogP contribution < -0.4 is 41.6 Å². The average molecular weight is 1390 g/mol. The Bertz CT molecular complexity index is 3890. The fraction of sp³-hybridized carbons (Fsp3) is 0.456. The SMILES string of the molecule is CC(C)CC(C)C(=O)NC1C(=O)CC(CC(N)=O)C(=O)NC2C(=O)CC3C(=O)CC(C(=O)NCc4cc(O)cc(O)c4-c4cc3ccc4O)[C@@H](O)c3ccc(c(Cl)c3)Oc3cc2cc(c3OC2OC(CO)C(O)C(O)C2OC2CC(C)(N)C(O)C(C)O2)Oc2ccc(cc2Cl)C1O. The van der Waals surface area contributed by atoms with E-state index in [9.17, 15) is 65.1 Å². The van der Waals surface area contributed by atoms with Gasteiger partial charge in [-0.1, -0.05) is 62.2 Å². The molecule has 0 aliphatic carbocycles. The van der Waals surface area contributed by atoms with Crippen LogP contribution in [0.1, 0.15) is 125 Å². The van der Waals surface area contributed by atoms with Gasteiger partial charge in [-0.25, -0.2) is 0 Å². The molecule has 2 fully saturated rings. The molecule has 11 bridgehead atoms. The maximum atomic E-state index is 16.1. The van der Waals surface area contributed by atoms with Crippen LogP contribution >= 0.6 is 23.2 Å². The zero-order valence-corrected chi connectivity index (χ0v) is 54.7. The molecule has 5 aromatic carbocycles. The van der Waals surface area contributed by atoms with E-state index in [4.69, 9.17) is 63.1 Å². The Kier molecular flexibility index (Phi) is 21.6. The summed E-state index contributed by atoms with van der Waals surface area (Å²) in [7, 11) is 0. The molecular weight excluding hydrogens is 1310 g/mol. The minimum atomic E-state index is -2.08. The highest BCUT2D eigenvalue weighted by molar-refractivity contribution is 6.32. The minimum absolute atomic E-state index is 0.00442. The van der Waals surface area contributed by atoms with Crippen molar-refractivity contribution in [2.24, 2.45) is 35.1 Å². The highest BCUT2D eigenvalue weighted by atomic mass is 35.5.